The van der Waals surface area contributed by atoms with Gasteiger partial charge in [-0.15, -0.1) is 0 Å². The van der Waals surface area contributed by atoms with Crippen molar-refractivity contribution in [3.8, 4) is 0 Å². The molecule has 17 nitrogen and oxygen atoms in total. The molecule has 4 bridgehead atoms. The fourth-order valence-corrected chi connectivity index (χ4v) is 14.3. The Bertz CT molecular complexity index is 2390. The van der Waals surface area contributed by atoms with E-state index in [9.17, 15) is 9.59 Å². The first-order chi connectivity index (χ1) is 44.4. The van der Waals surface area contributed by atoms with Crippen molar-refractivity contribution in [1.29, 1.82) is 0 Å². The molecule has 530 valence electrons. The molecule has 12 atom stereocenters. The first kappa shape index (κ1) is 86.0. The second-order valence-corrected chi connectivity index (χ2v) is 29.7. The van der Waals surface area contributed by atoms with E-state index < -0.39 is 0 Å². The van der Waals surface area contributed by atoms with Gasteiger partial charge in [0.25, 0.3) is 0 Å². The van der Waals surface area contributed by atoms with Crippen molar-refractivity contribution in [1.82, 2.24) is 57.5 Å². The number of nitrogens with two attached hydrogens (primary N) is 2. The molecule has 8 aliphatic rings. The molecule has 2 aliphatic heterocycles. The number of nitrogens with zero attached hydrogens (tertiary/aromatic N) is 5. The van der Waals surface area contributed by atoms with Gasteiger partial charge in [-0.1, -0.05) is 141 Å². The molecular weight excluding hydrogens is 1400 g/mol. The van der Waals surface area contributed by atoms with E-state index in [0.717, 1.165) is 93.0 Å². The van der Waals surface area contributed by atoms with Gasteiger partial charge in [0.2, 0.25) is 0 Å². The monoisotopic (exact) mass is 1510 g/mol. The Morgan fingerprint density at radius 3 is 1.13 bits per heavy atom. The van der Waals surface area contributed by atoms with Crippen molar-refractivity contribution < 1.29 is 35.9 Å². The van der Waals surface area contributed by atoms with Gasteiger partial charge >= 0.3 is 66.7 Å². The van der Waals surface area contributed by atoms with Crippen LogP contribution in [0.15, 0.2) is 46.4 Å². The summed E-state index contributed by atoms with van der Waals surface area (Å²) in [7, 11) is 19.2. The van der Waals surface area contributed by atoms with Gasteiger partial charge in [-0.25, -0.2) is 9.97 Å². The van der Waals surface area contributed by atoms with Gasteiger partial charge in [-0.3, -0.25) is 24.6 Å². The molecule has 3 aromatic rings. The van der Waals surface area contributed by atoms with Crippen LogP contribution in [-0.2, 0) is 39.4 Å². The van der Waals surface area contributed by atoms with Crippen LogP contribution in [0, 0.1) is 0 Å². The zero-order valence-corrected chi connectivity index (χ0v) is 61.1. The van der Waals surface area contributed by atoms with E-state index in [4.69, 9.17) is 107 Å². The van der Waals surface area contributed by atoms with Crippen LogP contribution in [0.3, 0.4) is 0 Å². The molecule has 0 radical (unpaired) electrons. The van der Waals surface area contributed by atoms with Crippen LogP contribution in [0.4, 0.5) is 0 Å². The number of aldehydes is 2. The molecule has 12 N–H and O–H groups in total. The molecule has 0 unspecified atom stereocenters. The van der Waals surface area contributed by atoms with Gasteiger partial charge in [-0.2, -0.15) is 0 Å². The summed E-state index contributed by atoms with van der Waals surface area (Å²) in [5.74, 6) is 0. The Kier molecular flexibility index (Phi) is 48.0. The molecule has 0 spiro atoms. The van der Waals surface area contributed by atoms with Crippen molar-refractivity contribution in [2.75, 3.05) is 39.3 Å². The molecular formula is C67H112Cl7Mn2N15O2. The fourth-order valence-electron chi connectivity index (χ4n) is 13.6. The van der Waals surface area contributed by atoms with Gasteiger partial charge in [0.1, 0.15) is 11.4 Å². The summed E-state index contributed by atoms with van der Waals surface area (Å²) in [6.45, 7) is 11.7. The van der Waals surface area contributed by atoms with E-state index >= 15 is 0 Å². The maximum absolute atomic E-state index is 10.2. The number of carbonyl (C=O) groups excluding carboxylic acids is 2. The van der Waals surface area contributed by atoms with Crippen molar-refractivity contribution in [3.63, 3.8) is 0 Å². The summed E-state index contributed by atoms with van der Waals surface area (Å²) in [6.07, 6.45) is 35.0. The summed E-state index contributed by atoms with van der Waals surface area (Å²) in [4.78, 5) is 43.3. The number of rotatable bonds is 7. The average molecular weight is 1520 g/mol. The maximum atomic E-state index is 10.2. The van der Waals surface area contributed by atoms with Crippen molar-refractivity contribution in [3.05, 3.63) is 85.6 Å². The van der Waals surface area contributed by atoms with E-state index in [-0.39, 0.29) is 52.5 Å². The van der Waals surface area contributed by atoms with Gasteiger partial charge in [-0.05, 0) is 113 Å². The number of fused-ring (bicyclic) bond motifs is 8. The topological polar surface area (TPSA) is 246 Å². The fraction of sp³-hybridized carbons (Fsp3) is 0.716. The van der Waals surface area contributed by atoms with E-state index in [2.05, 4.69) is 47.5 Å². The standard InChI is InChI=1S/C21H34ClN5.C21H30ClN5.C14H30N4.C7H4ClNO2.C2H6.2CH4.4ClH.2Mn/c2*22-15-11-16-13-25-20-7-3-1-5-18(20)23-9-10-24-19-6-2-4-8-21(19)26-14-17(12-15)27-16;15-11-5-1-3-7-13(11)17-9-10-18-14-8-4-2-6-12(14)16;8-5-1-6(3-10)9-7(2-5)4-11;1-2;;;;;;;;/h11-12,18-21,23-26H,1-10,13-14H2;11-14,18-21,23-24H,1-10H2;11-14,17-18H,1-10,15-16H2;1-4H;1-2H3;2*1H4;4*1H;;/q;;;;;;;;;;;2*+2/p-4/t2*18-,19-,20-,21-;11-,12-,13-,14-;;;;;;;;;;/m111........../s1. The Hall–Kier alpha value is -1.20. The molecule has 0 saturated heterocycles. The van der Waals surface area contributed by atoms with Crippen molar-refractivity contribution in [2.24, 2.45) is 21.5 Å². The molecule has 6 saturated carbocycles. The van der Waals surface area contributed by atoms with E-state index in [1.54, 1.807) is 0 Å². The predicted octanol–water partition coefficient (Wildman–Crippen LogP) is 13.2. The average Bonchev–Trinajstić information content (AvgIpc) is 2.51. The second-order valence-electron chi connectivity index (χ2n) is 24.4. The van der Waals surface area contributed by atoms with Crippen LogP contribution in [0.2, 0.25) is 15.1 Å². The van der Waals surface area contributed by atoms with E-state index in [0.29, 0.717) is 95.1 Å². The number of halogens is 7. The van der Waals surface area contributed by atoms with Crippen LogP contribution in [0.5, 0.6) is 0 Å². The quantitative estimate of drug-likeness (QED) is 0.0601. The number of aromatic nitrogens is 3. The Labute approximate surface area is 603 Å². The van der Waals surface area contributed by atoms with Gasteiger partial charge in [0.05, 0.1) is 34.9 Å². The molecule has 5 heterocycles. The SMILES string of the molecule is C.C.CC.Clc1cc2nc(c1)C=N[C@@H]1CCCC[C@H]1NCCN[C@@H]1CCCC[C@H]1N=C2.Clc1cc2nc(c1)CN[C@@H]1CCCC[C@H]1NCCN[C@@H]1CCCC[C@H]1NC2.N[C@@H]1CCCC[C@H]1NCCN[C@@H]1CCCC[C@H]1N.O=Cc1cc(Cl)cc(C=O)n1.[Cl][Mn][Cl].[Cl][Mn][Cl]. The molecule has 0 amide bonds. The first-order valence-electron chi connectivity index (χ1n) is 33.5. The molecule has 3 aromatic heterocycles. The summed E-state index contributed by atoms with van der Waals surface area (Å²) >= 11 is 18.3. The third kappa shape index (κ3) is 33.7. The third-order valence-electron chi connectivity index (χ3n) is 18.1. The summed E-state index contributed by atoms with van der Waals surface area (Å²) < 4.78 is 0. The Balaban J connectivity index is 0.000000321. The molecule has 6 aliphatic carbocycles. The minimum atomic E-state index is 0. The van der Waals surface area contributed by atoms with Crippen LogP contribution in [0.25, 0.3) is 0 Å². The molecule has 6 fully saturated rings. The second kappa shape index (κ2) is 51.9. The van der Waals surface area contributed by atoms with Gasteiger partial charge in [0, 0.05) is 140 Å². The minimum absolute atomic E-state index is 0. The number of pyridine rings is 3. The third-order valence-corrected chi connectivity index (χ3v) is 18.8. The number of hydrogen-bond acceptors (Lipinski definition) is 17. The van der Waals surface area contributed by atoms with Gasteiger partial charge in [0.15, 0.2) is 12.6 Å². The van der Waals surface area contributed by atoms with E-state index in [1.807, 2.05) is 50.5 Å². The number of carbonyl (C=O) groups is 2. The van der Waals surface area contributed by atoms with Crippen molar-refractivity contribution in [2.45, 2.75) is 268 Å². The van der Waals surface area contributed by atoms with Crippen LogP contribution in [0.1, 0.15) is 227 Å². The number of hydrogen-bond donors (Lipinski definition) is 10. The molecule has 11 rings (SSSR count). The summed E-state index contributed by atoms with van der Waals surface area (Å²) in [5.41, 5.74) is 16.3. The van der Waals surface area contributed by atoms with Crippen molar-refractivity contribution >= 4 is 100 Å². The molecule has 93 heavy (non-hydrogen) atoms. The van der Waals surface area contributed by atoms with E-state index in [1.165, 1.54) is 153 Å². The predicted molar refractivity (Wildman–Crippen MR) is 388 cm³/mol. The van der Waals surface area contributed by atoms with Crippen LogP contribution >= 0.6 is 75.2 Å². The Morgan fingerprint density at radius 2 is 0.753 bits per heavy atom. The summed E-state index contributed by atoms with van der Waals surface area (Å²) in [6, 6.07) is 16.1. The number of nitrogens with one attached hydrogen (secondary N) is 8. The number of aliphatic imine (C=N–C) groups is 2. The summed E-state index contributed by atoms with van der Waals surface area (Å²) in [5, 5.41) is 31.6. The normalized spacial score (nSPS) is 27.8. The zero-order valence-electron chi connectivity index (χ0n) is 53.4. The van der Waals surface area contributed by atoms with Crippen LogP contribution in [-0.4, -0.2) is 152 Å². The molecule has 26 heteroatoms. The Morgan fingerprint density at radius 1 is 0.441 bits per heavy atom. The zero-order chi connectivity index (χ0) is 65.4. The molecule has 0 aromatic carbocycles. The van der Waals surface area contributed by atoms with Gasteiger partial charge < -0.3 is 54.0 Å². The first-order valence-corrected chi connectivity index (χ1v) is 41.1. The van der Waals surface area contributed by atoms with Crippen LogP contribution < -0.4 is 54.0 Å².